The number of benzene rings is 3. The SMILES string of the molecule is COC(=O)[C@H](Cc1ccc(-c2c(Cl)cc(F)cc2Cl)c2c1OCCO2)NC(=O)c1c(F)cccc1F. The number of fused-ring (bicyclic) bond motifs is 1. The van der Waals surface area contributed by atoms with Crippen LogP contribution in [0.3, 0.4) is 0 Å². The van der Waals surface area contributed by atoms with E-state index in [1.54, 1.807) is 12.1 Å². The van der Waals surface area contributed by atoms with Crippen LogP contribution in [0.5, 0.6) is 11.5 Å². The third-order valence-electron chi connectivity index (χ3n) is 5.45. The molecule has 0 spiro atoms. The Labute approximate surface area is 213 Å². The Bertz CT molecular complexity index is 1310. The summed E-state index contributed by atoms with van der Waals surface area (Å²) in [5.74, 6) is -4.25. The lowest BCUT2D eigenvalue weighted by Gasteiger charge is -2.26. The number of amides is 1. The van der Waals surface area contributed by atoms with Gasteiger partial charge in [-0.2, -0.15) is 0 Å². The Morgan fingerprint density at radius 3 is 2.22 bits per heavy atom. The lowest BCUT2D eigenvalue weighted by molar-refractivity contribution is -0.142. The minimum atomic E-state index is -1.32. The highest BCUT2D eigenvalue weighted by Gasteiger charge is 2.30. The van der Waals surface area contributed by atoms with Crippen LogP contribution in [0.25, 0.3) is 11.1 Å². The van der Waals surface area contributed by atoms with Crippen LogP contribution in [0.15, 0.2) is 42.5 Å². The smallest absolute Gasteiger partial charge is 0.328 e. The summed E-state index contributed by atoms with van der Waals surface area (Å²) in [5.41, 5.74) is 0.341. The number of rotatable bonds is 6. The van der Waals surface area contributed by atoms with Gasteiger partial charge in [0.1, 0.15) is 42.3 Å². The van der Waals surface area contributed by atoms with Gasteiger partial charge in [-0.05, 0) is 30.3 Å². The molecular weight excluding hydrogens is 522 g/mol. The average molecular weight is 540 g/mol. The van der Waals surface area contributed by atoms with Crippen molar-refractivity contribution in [2.24, 2.45) is 0 Å². The normalized spacial score (nSPS) is 13.2. The van der Waals surface area contributed by atoms with E-state index >= 15 is 0 Å². The van der Waals surface area contributed by atoms with Gasteiger partial charge in [0, 0.05) is 23.1 Å². The van der Waals surface area contributed by atoms with Crippen molar-refractivity contribution >= 4 is 35.1 Å². The molecule has 4 rings (SSSR count). The monoisotopic (exact) mass is 539 g/mol. The summed E-state index contributed by atoms with van der Waals surface area (Å²) in [4.78, 5) is 25.1. The molecule has 11 heteroatoms. The summed E-state index contributed by atoms with van der Waals surface area (Å²) in [6.07, 6.45) is -0.161. The highest BCUT2D eigenvalue weighted by molar-refractivity contribution is 6.39. The maximum atomic E-state index is 14.1. The van der Waals surface area contributed by atoms with Crippen molar-refractivity contribution in [1.82, 2.24) is 5.32 Å². The first kappa shape index (κ1) is 25.7. The second kappa shape index (κ2) is 10.7. The van der Waals surface area contributed by atoms with E-state index in [0.717, 1.165) is 37.4 Å². The van der Waals surface area contributed by atoms with Crippen LogP contribution in [0.2, 0.25) is 10.0 Å². The fourth-order valence-corrected chi connectivity index (χ4v) is 4.51. The fourth-order valence-electron chi connectivity index (χ4n) is 3.85. The summed E-state index contributed by atoms with van der Waals surface area (Å²) in [5, 5.41) is 2.42. The van der Waals surface area contributed by atoms with Crippen molar-refractivity contribution in [3.8, 4) is 22.6 Å². The van der Waals surface area contributed by atoms with Gasteiger partial charge in [-0.3, -0.25) is 4.79 Å². The summed E-state index contributed by atoms with van der Waals surface area (Å²) >= 11 is 12.5. The highest BCUT2D eigenvalue weighted by atomic mass is 35.5. The maximum absolute atomic E-state index is 14.1. The van der Waals surface area contributed by atoms with Gasteiger partial charge in [-0.25, -0.2) is 18.0 Å². The molecule has 0 radical (unpaired) electrons. The molecule has 3 aromatic rings. The first-order valence-electron chi connectivity index (χ1n) is 10.6. The summed E-state index contributed by atoms with van der Waals surface area (Å²) < 4.78 is 58.2. The van der Waals surface area contributed by atoms with Gasteiger partial charge in [-0.1, -0.05) is 35.3 Å². The van der Waals surface area contributed by atoms with E-state index in [4.69, 9.17) is 37.4 Å². The van der Waals surface area contributed by atoms with Crippen molar-refractivity contribution in [3.05, 3.63) is 81.1 Å². The van der Waals surface area contributed by atoms with Crippen LogP contribution in [-0.4, -0.2) is 38.2 Å². The minimum absolute atomic E-state index is 0.0516. The third-order valence-corrected chi connectivity index (χ3v) is 6.05. The number of hydrogen-bond donors (Lipinski definition) is 1. The molecule has 1 atom stereocenters. The molecule has 1 amide bonds. The van der Waals surface area contributed by atoms with Crippen LogP contribution in [0.4, 0.5) is 13.2 Å². The number of carbonyl (C=O) groups excluding carboxylic acids is 2. The molecule has 0 unspecified atom stereocenters. The molecule has 1 aliphatic heterocycles. The van der Waals surface area contributed by atoms with E-state index in [0.29, 0.717) is 16.7 Å². The molecule has 36 heavy (non-hydrogen) atoms. The van der Waals surface area contributed by atoms with Gasteiger partial charge >= 0.3 is 5.97 Å². The molecule has 1 N–H and O–H groups in total. The third kappa shape index (κ3) is 5.08. The number of esters is 1. The first-order valence-corrected chi connectivity index (χ1v) is 11.4. The van der Waals surface area contributed by atoms with Crippen LogP contribution >= 0.6 is 23.2 Å². The zero-order chi connectivity index (χ0) is 26.0. The Hall–Kier alpha value is -3.43. The molecule has 6 nitrogen and oxygen atoms in total. The standard InChI is InChI=1S/C25H18Cl2F3NO5/c1-34-25(33)19(31-24(32)21-17(29)3-2-4-18(21)30)9-12-5-6-14(23-22(12)35-7-8-36-23)20-15(26)10-13(28)11-16(20)27/h2-6,10-11,19H,7-9H2,1H3,(H,31,32)/t19-/m0/s1. The Kier molecular flexibility index (Phi) is 7.61. The van der Waals surface area contributed by atoms with E-state index < -0.39 is 40.9 Å². The van der Waals surface area contributed by atoms with Crippen LogP contribution in [0, 0.1) is 17.5 Å². The van der Waals surface area contributed by atoms with E-state index in [1.807, 2.05) is 0 Å². The van der Waals surface area contributed by atoms with Gasteiger partial charge < -0.3 is 19.5 Å². The summed E-state index contributed by atoms with van der Waals surface area (Å²) in [6.45, 7) is 0.383. The van der Waals surface area contributed by atoms with Crippen molar-refractivity contribution in [2.75, 3.05) is 20.3 Å². The second-order valence-electron chi connectivity index (χ2n) is 7.72. The zero-order valence-electron chi connectivity index (χ0n) is 18.7. The minimum Gasteiger partial charge on any atom is -0.486 e. The predicted octanol–water partition coefficient (Wildman–Crippen LogP) is 5.36. The summed E-state index contributed by atoms with van der Waals surface area (Å²) in [7, 11) is 1.11. The van der Waals surface area contributed by atoms with Crippen molar-refractivity contribution < 1.29 is 37.0 Å². The van der Waals surface area contributed by atoms with Crippen molar-refractivity contribution in [1.29, 1.82) is 0 Å². The van der Waals surface area contributed by atoms with Gasteiger partial charge in [0.2, 0.25) is 0 Å². The lowest BCUT2D eigenvalue weighted by atomic mass is 9.97. The molecule has 0 saturated heterocycles. The van der Waals surface area contributed by atoms with E-state index in [-0.39, 0.29) is 41.2 Å². The molecule has 0 aromatic heterocycles. The van der Waals surface area contributed by atoms with Crippen LogP contribution < -0.4 is 14.8 Å². The maximum Gasteiger partial charge on any atom is 0.328 e. The number of ether oxygens (including phenoxy) is 3. The van der Waals surface area contributed by atoms with Gasteiger partial charge in [0.25, 0.3) is 5.91 Å². The molecule has 0 aliphatic carbocycles. The Balaban J connectivity index is 1.71. The van der Waals surface area contributed by atoms with Gasteiger partial charge in [-0.15, -0.1) is 0 Å². The number of halogens is 5. The Morgan fingerprint density at radius 2 is 1.61 bits per heavy atom. The second-order valence-corrected chi connectivity index (χ2v) is 8.54. The first-order chi connectivity index (χ1) is 17.2. The van der Waals surface area contributed by atoms with Crippen molar-refractivity contribution in [2.45, 2.75) is 12.5 Å². The predicted molar refractivity (Wildman–Crippen MR) is 126 cm³/mol. The average Bonchev–Trinajstić information content (AvgIpc) is 2.83. The zero-order valence-corrected chi connectivity index (χ0v) is 20.2. The Morgan fingerprint density at radius 1 is 1.00 bits per heavy atom. The lowest BCUT2D eigenvalue weighted by Crippen LogP contribution is -2.43. The molecular formula is C25H18Cl2F3NO5. The highest BCUT2D eigenvalue weighted by Crippen LogP contribution is 2.47. The number of nitrogens with one attached hydrogen (secondary N) is 1. The molecule has 0 fully saturated rings. The fraction of sp³-hybridized carbons (Fsp3) is 0.200. The summed E-state index contributed by atoms with van der Waals surface area (Å²) in [6, 6.07) is 7.05. The number of carbonyl (C=O) groups is 2. The molecule has 188 valence electrons. The van der Waals surface area contributed by atoms with Gasteiger partial charge in [0.15, 0.2) is 11.5 Å². The molecule has 3 aromatic carbocycles. The van der Waals surface area contributed by atoms with Crippen LogP contribution in [0.1, 0.15) is 15.9 Å². The number of hydrogen-bond acceptors (Lipinski definition) is 5. The molecule has 1 aliphatic rings. The molecule has 0 bridgehead atoms. The van der Waals surface area contributed by atoms with Crippen molar-refractivity contribution in [3.63, 3.8) is 0 Å². The van der Waals surface area contributed by atoms with Crippen LogP contribution in [-0.2, 0) is 16.0 Å². The largest absolute Gasteiger partial charge is 0.486 e. The topological polar surface area (TPSA) is 73.9 Å². The number of methoxy groups -OCH3 is 1. The van der Waals surface area contributed by atoms with E-state index in [9.17, 15) is 22.8 Å². The molecule has 1 heterocycles. The van der Waals surface area contributed by atoms with E-state index in [1.165, 1.54) is 0 Å². The van der Waals surface area contributed by atoms with E-state index in [2.05, 4.69) is 5.32 Å². The molecule has 0 saturated carbocycles. The quantitative estimate of drug-likeness (QED) is 0.426. The van der Waals surface area contributed by atoms with Gasteiger partial charge in [0.05, 0.1) is 17.2 Å².